The Hall–Kier alpha value is -1.23. The molecular formula is C14H16N2OS. The van der Waals surface area contributed by atoms with Crippen LogP contribution in [0.25, 0.3) is 0 Å². The topological polar surface area (TPSA) is 48.1 Å². The van der Waals surface area contributed by atoms with Gasteiger partial charge in [-0.15, -0.1) is 11.3 Å². The van der Waals surface area contributed by atoms with Gasteiger partial charge in [0.15, 0.2) is 0 Å². The summed E-state index contributed by atoms with van der Waals surface area (Å²) < 4.78 is 5.87. The molecule has 0 saturated carbocycles. The van der Waals surface area contributed by atoms with E-state index in [0.717, 1.165) is 25.1 Å². The minimum Gasteiger partial charge on any atom is -0.373 e. The molecule has 0 bridgehead atoms. The van der Waals surface area contributed by atoms with E-state index in [1.807, 2.05) is 10.9 Å². The van der Waals surface area contributed by atoms with Gasteiger partial charge in [-0.2, -0.15) is 0 Å². The van der Waals surface area contributed by atoms with Crippen LogP contribution in [-0.4, -0.2) is 11.6 Å². The van der Waals surface area contributed by atoms with E-state index in [1.165, 1.54) is 11.1 Å². The Morgan fingerprint density at radius 1 is 1.44 bits per heavy atom. The number of hydrogen-bond acceptors (Lipinski definition) is 4. The van der Waals surface area contributed by atoms with E-state index in [9.17, 15) is 0 Å². The molecule has 0 saturated heterocycles. The molecule has 0 radical (unpaired) electrons. The molecule has 1 aliphatic rings. The van der Waals surface area contributed by atoms with Crippen LogP contribution in [0.5, 0.6) is 0 Å². The highest BCUT2D eigenvalue weighted by Gasteiger charge is 2.23. The van der Waals surface area contributed by atoms with Crippen molar-refractivity contribution in [2.24, 2.45) is 5.73 Å². The van der Waals surface area contributed by atoms with Crippen molar-refractivity contribution in [2.45, 2.75) is 25.0 Å². The molecule has 0 amide bonds. The number of nitrogens with zero attached hydrogens (tertiary/aromatic N) is 1. The van der Waals surface area contributed by atoms with Gasteiger partial charge in [-0.25, -0.2) is 4.98 Å². The molecular weight excluding hydrogens is 244 g/mol. The molecule has 94 valence electrons. The Bertz CT molecular complexity index is 512. The molecule has 0 aliphatic carbocycles. The number of aromatic nitrogens is 1. The van der Waals surface area contributed by atoms with Crippen molar-refractivity contribution in [1.29, 1.82) is 0 Å². The molecule has 1 aromatic carbocycles. The Morgan fingerprint density at radius 2 is 2.33 bits per heavy atom. The molecule has 3 nitrogen and oxygen atoms in total. The normalized spacial score (nSPS) is 20.4. The first-order valence-electron chi connectivity index (χ1n) is 6.17. The second-order valence-corrected chi connectivity index (χ2v) is 5.28. The fourth-order valence-electron chi connectivity index (χ4n) is 2.43. The summed E-state index contributed by atoms with van der Waals surface area (Å²) in [5.41, 5.74) is 11.7. The van der Waals surface area contributed by atoms with E-state index in [1.54, 1.807) is 11.3 Å². The van der Waals surface area contributed by atoms with Gasteiger partial charge in [-0.3, -0.25) is 0 Å². The molecule has 4 heteroatoms. The number of fused-ring (bicyclic) bond motifs is 1. The highest BCUT2D eigenvalue weighted by atomic mass is 32.1. The summed E-state index contributed by atoms with van der Waals surface area (Å²) >= 11 is 1.58. The molecule has 2 N–H and O–H groups in total. The average Bonchev–Trinajstić information content (AvgIpc) is 2.93. The van der Waals surface area contributed by atoms with Crippen molar-refractivity contribution in [2.75, 3.05) is 6.61 Å². The van der Waals surface area contributed by atoms with Crippen LogP contribution >= 0.6 is 11.3 Å². The lowest BCUT2D eigenvalue weighted by atomic mass is 9.93. The lowest BCUT2D eigenvalue weighted by Crippen LogP contribution is -2.21. The molecule has 1 aliphatic heterocycles. The van der Waals surface area contributed by atoms with Gasteiger partial charge in [-0.1, -0.05) is 24.3 Å². The number of thiazole rings is 1. The van der Waals surface area contributed by atoms with E-state index in [4.69, 9.17) is 10.5 Å². The van der Waals surface area contributed by atoms with Gasteiger partial charge in [0, 0.05) is 5.38 Å². The van der Waals surface area contributed by atoms with E-state index >= 15 is 0 Å². The first-order valence-corrected chi connectivity index (χ1v) is 7.12. The van der Waals surface area contributed by atoms with Crippen molar-refractivity contribution in [3.8, 4) is 0 Å². The first-order chi connectivity index (χ1) is 8.84. The van der Waals surface area contributed by atoms with E-state index < -0.39 is 0 Å². The van der Waals surface area contributed by atoms with E-state index in [2.05, 4.69) is 29.2 Å². The minimum atomic E-state index is -0.0487. The molecule has 18 heavy (non-hydrogen) atoms. The van der Waals surface area contributed by atoms with Gasteiger partial charge in [0.2, 0.25) is 0 Å². The molecule has 1 aromatic heterocycles. The maximum atomic E-state index is 6.19. The molecule has 2 atom stereocenters. The van der Waals surface area contributed by atoms with Crippen LogP contribution in [0.4, 0.5) is 0 Å². The van der Waals surface area contributed by atoms with Crippen LogP contribution in [-0.2, 0) is 11.2 Å². The largest absolute Gasteiger partial charge is 0.373 e. The average molecular weight is 260 g/mol. The monoisotopic (exact) mass is 260 g/mol. The Kier molecular flexibility index (Phi) is 3.41. The maximum Gasteiger partial charge on any atom is 0.0846 e. The fraction of sp³-hybridized carbons (Fsp3) is 0.357. The van der Waals surface area contributed by atoms with Gasteiger partial charge < -0.3 is 10.5 Å². The maximum absolute atomic E-state index is 6.19. The second kappa shape index (κ2) is 5.18. The van der Waals surface area contributed by atoms with Crippen molar-refractivity contribution in [3.63, 3.8) is 0 Å². The zero-order chi connectivity index (χ0) is 12.4. The second-order valence-electron chi connectivity index (χ2n) is 4.56. The molecule has 2 unspecified atom stereocenters. The summed E-state index contributed by atoms with van der Waals surface area (Å²) in [7, 11) is 0. The zero-order valence-corrected chi connectivity index (χ0v) is 10.9. The van der Waals surface area contributed by atoms with E-state index in [-0.39, 0.29) is 12.1 Å². The molecule has 2 heterocycles. The summed E-state index contributed by atoms with van der Waals surface area (Å²) in [6, 6.07) is 8.43. The molecule has 2 aromatic rings. The van der Waals surface area contributed by atoms with Gasteiger partial charge >= 0.3 is 0 Å². The van der Waals surface area contributed by atoms with Crippen LogP contribution in [0, 0.1) is 0 Å². The molecule has 0 spiro atoms. The van der Waals surface area contributed by atoms with Gasteiger partial charge in [0.1, 0.15) is 0 Å². The third-order valence-corrected chi connectivity index (χ3v) is 4.00. The molecule has 3 rings (SSSR count). The zero-order valence-electron chi connectivity index (χ0n) is 10.1. The Labute approximate surface area is 111 Å². The third kappa shape index (κ3) is 2.32. The van der Waals surface area contributed by atoms with E-state index in [0.29, 0.717) is 0 Å². The smallest absolute Gasteiger partial charge is 0.0846 e. The summed E-state index contributed by atoms with van der Waals surface area (Å²) in [4.78, 5) is 4.28. The van der Waals surface area contributed by atoms with Gasteiger partial charge in [0.25, 0.3) is 0 Å². The van der Waals surface area contributed by atoms with Crippen LogP contribution in [0.1, 0.15) is 35.4 Å². The quantitative estimate of drug-likeness (QED) is 0.923. The first kappa shape index (κ1) is 11.8. The Morgan fingerprint density at radius 3 is 3.17 bits per heavy atom. The number of hydrogen-bond donors (Lipinski definition) is 1. The van der Waals surface area contributed by atoms with Gasteiger partial charge in [0.05, 0.1) is 30.0 Å². The summed E-state index contributed by atoms with van der Waals surface area (Å²) in [6.07, 6.45) is 1.89. The van der Waals surface area contributed by atoms with Crippen LogP contribution in [0.2, 0.25) is 0 Å². The number of nitrogens with two attached hydrogens (primary N) is 1. The van der Waals surface area contributed by atoms with Gasteiger partial charge in [-0.05, 0) is 24.0 Å². The van der Waals surface area contributed by atoms with Crippen molar-refractivity contribution < 1.29 is 4.74 Å². The number of rotatable bonds is 3. The minimum absolute atomic E-state index is 0.0487. The Balaban J connectivity index is 1.78. The predicted molar refractivity (Wildman–Crippen MR) is 72.5 cm³/mol. The summed E-state index contributed by atoms with van der Waals surface area (Å²) in [5, 5.41) is 2.01. The number of benzene rings is 1. The fourth-order valence-corrected chi connectivity index (χ4v) is 3.05. The van der Waals surface area contributed by atoms with Crippen LogP contribution < -0.4 is 5.73 Å². The standard InChI is InChI=1S/C14H16N2OS/c15-12(13-8-18-9-16-13)7-14-11-4-2-1-3-10(11)5-6-17-14/h1-4,8-9,12,14H,5-7,15H2. The lowest BCUT2D eigenvalue weighted by Gasteiger charge is -2.27. The molecule has 0 fully saturated rings. The van der Waals surface area contributed by atoms with Crippen molar-refractivity contribution in [1.82, 2.24) is 4.98 Å². The lowest BCUT2D eigenvalue weighted by molar-refractivity contribution is 0.0318. The van der Waals surface area contributed by atoms with Crippen molar-refractivity contribution >= 4 is 11.3 Å². The predicted octanol–water partition coefficient (Wildman–Crippen LogP) is 2.85. The highest BCUT2D eigenvalue weighted by molar-refractivity contribution is 7.07. The SMILES string of the molecule is NC(CC1OCCc2ccccc21)c1cscn1. The third-order valence-electron chi connectivity index (χ3n) is 3.39. The van der Waals surface area contributed by atoms with Crippen molar-refractivity contribution in [3.05, 3.63) is 52.0 Å². The summed E-state index contributed by atoms with van der Waals surface area (Å²) in [6.45, 7) is 0.783. The number of ether oxygens (including phenoxy) is 1. The van der Waals surface area contributed by atoms with Crippen LogP contribution in [0.15, 0.2) is 35.2 Å². The summed E-state index contributed by atoms with van der Waals surface area (Å²) in [5.74, 6) is 0. The van der Waals surface area contributed by atoms with Crippen LogP contribution in [0.3, 0.4) is 0 Å². The highest BCUT2D eigenvalue weighted by Crippen LogP contribution is 2.33.